The topological polar surface area (TPSA) is 26.0 Å². The maximum atomic E-state index is 5.90. The molecule has 1 nitrogen and oxygen atoms in total. The fraction of sp³-hybridized carbons (Fsp3) is 0.455. The summed E-state index contributed by atoms with van der Waals surface area (Å²) < 4.78 is 0. The first-order valence-electron chi connectivity index (χ1n) is 4.36. The quantitative estimate of drug-likeness (QED) is 0.711. The summed E-state index contributed by atoms with van der Waals surface area (Å²) >= 11 is 0. The van der Waals surface area contributed by atoms with Crippen LogP contribution in [0.4, 0.5) is 0 Å². The van der Waals surface area contributed by atoms with Crippen LogP contribution in [0.2, 0.25) is 0 Å². The molecule has 0 saturated carbocycles. The minimum atomic E-state index is 0.0707. The zero-order valence-corrected chi connectivity index (χ0v) is 8.04. The maximum Gasteiger partial charge on any atom is 0.0102 e. The molecule has 0 spiro atoms. The standard InChI is InChI=1S/C11H17N/c1-9(12)11(2,3)10-7-5-4-6-8-10/h4-9H,12H2,1-3H3/t9-/m0/s1. The summed E-state index contributed by atoms with van der Waals surface area (Å²) in [7, 11) is 0. The smallest absolute Gasteiger partial charge is 0.0102 e. The van der Waals surface area contributed by atoms with Gasteiger partial charge in [0.1, 0.15) is 0 Å². The van der Waals surface area contributed by atoms with Crippen LogP contribution in [0.3, 0.4) is 0 Å². The van der Waals surface area contributed by atoms with Crippen molar-refractivity contribution in [3.05, 3.63) is 35.9 Å². The van der Waals surface area contributed by atoms with E-state index >= 15 is 0 Å². The van der Waals surface area contributed by atoms with Crippen molar-refractivity contribution < 1.29 is 0 Å². The van der Waals surface area contributed by atoms with Crippen LogP contribution >= 0.6 is 0 Å². The highest BCUT2D eigenvalue weighted by atomic mass is 14.7. The Balaban J connectivity index is 2.98. The van der Waals surface area contributed by atoms with Crippen molar-refractivity contribution >= 4 is 0 Å². The molecule has 1 aromatic rings. The summed E-state index contributed by atoms with van der Waals surface area (Å²) in [5.74, 6) is 0. The van der Waals surface area contributed by atoms with E-state index in [1.54, 1.807) is 0 Å². The van der Waals surface area contributed by atoms with E-state index in [0.717, 1.165) is 0 Å². The number of hydrogen-bond donors (Lipinski definition) is 1. The second kappa shape index (κ2) is 3.28. The van der Waals surface area contributed by atoms with Crippen molar-refractivity contribution in [2.75, 3.05) is 0 Å². The van der Waals surface area contributed by atoms with Crippen LogP contribution in [-0.4, -0.2) is 6.04 Å². The SMILES string of the molecule is C[C@H](N)C(C)(C)c1ccccc1. The van der Waals surface area contributed by atoms with E-state index in [-0.39, 0.29) is 11.5 Å². The molecule has 1 atom stereocenters. The highest BCUT2D eigenvalue weighted by Crippen LogP contribution is 2.25. The molecular weight excluding hydrogens is 146 g/mol. The molecule has 0 aliphatic heterocycles. The van der Waals surface area contributed by atoms with Gasteiger partial charge < -0.3 is 5.73 Å². The Morgan fingerprint density at radius 3 is 2.08 bits per heavy atom. The fourth-order valence-corrected chi connectivity index (χ4v) is 1.13. The molecule has 0 bridgehead atoms. The molecular formula is C11H17N. The van der Waals surface area contributed by atoms with E-state index in [9.17, 15) is 0 Å². The highest BCUT2D eigenvalue weighted by Gasteiger charge is 2.24. The van der Waals surface area contributed by atoms with Gasteiger partial charge in [-0.3, -0.25) is 0 Å². The Morgan fingerprint density at radius 2 is 1.67 bits per heavy atom. The van der Waals surface area contributed by atoms with Crippen molar-refractivity contribution in [1.29, 1.82) is 0 Å². The van der Waals surface area contributed by atoms with E-state index in [0.29, 0.717) is 0 Å². The van der Waals surface area contributed by atoms with Crippen LogP contribution in [0.15, 0.2) is 30.3 Å². The Kier molecular flexibility index (Phi) is 2.53. The van der Waals surface area contributed by atoms with Crippen molar-refractivity contribution in [3.63, 3.8) is 0 Å². The molecule has 1 heteroatoms. The summed E-state index contributed by atoms with van der Waals surface area (Å²) in [6.45, 7) is 6.40. The van der Waals surface area contributed by atoms with Crippen LogP contribution < -0.4 is 5.73 Å². The van der Waals surface area contributed by atoms with Crippen LogP contribution in [0, 0.1) is 0 Å². The van der Waals surface area contributed by atoms with Crippen LogP contribution in [0.1, 0.15) is 26.3 Å². The number of rotatable bonds is 2. The summed E-state index contributed by atoms with van der Waals surface area (Å²) in [6.07, 6.45) is 0. The average Bonchev–Trinajstić information content (AvgIpc) is 2.06. The van der Waals surface area contributed by atoms with Crippen molar-refractivity contribution in [2.45, 2.75) is 32.2 Å². The van der Waals surface area contributed by atoms with Crippen molar-refractivity contribution in [3.8, 4) is 0 Å². The molecule has 66 valence electrons. The lowest BCUT2D eigenvalue weighted by atomic mass is 9.79. The minimum Gasteiger partial charge on any atom is -0.327 e. The Bertz CT molecular complexity index is 236. The number of hydrogen-bond acceptors (Lipinski definition) is 1. The molecule has 0 aliphatic carbocycles. The molecule has 0 fully saturated rings. The summed E-state index contributed by atoms with van der Waals surface area (Å²) in [5, 5.41) is 0. The number of benzene rings is 1. The maximum absolute atomic E-state index is 5.90. The molecule has 2 N–H and O–H groups in total. The van der Waals surface area contributed by atoms with Gasteiger partial charge >= 0.3 is 0 Å². The fourth-order valence-electron chi connectivity index (χ4n) is 1.13. The third-order valence-corrected chi connectivity index (χ3v) is 2.66. The molecule has 0 aromatic heterocycles. The number of nitrogens with two attached hydrogens (primary N) is 1. The predicted molar refractivity (Wildman–Crippen MR) is 53.1 cm³/mol. The zero-order valence-electron chi connectivity index (χ0n) is 8.04. The van der Waals surface area contributed by atoms with Gasteiger partial charge in [-0.05, 0) is 12.5 Å². The molecule has 1 rings (SSSR count). The van der Waals surface area contributed by atoms with E-state index in [4.69, 9.17) is 5.73 Å². The van der Waals surface area contributed by atoms with Gasteiger partial charge in [-0.15, -0.1) is 0 Å². The van der Waals surface area contributed by atoms with Gasteiger partial charge in [0, 0.05) is 11.5 Å². The van der Waals surface area contributed by atoms with Crippen molar-refractivity contribution in [2.24, 2.45) is 5.73 Å². The van der Waals surface area contributed by atoms with Gasteiger partial charge in [0.2, 0.25) is 0 Å². The largest absolute Gasteiger partial charge is 0.327 e. The molecule has 0 unspecified atom stereocenters. The zero-order chi connectivity index (χ0) is 9.19. The van der Waals surface area contributed by atoms with E-state index in [2.05, 4.69) is 38.1 Å². The monoisotopic (exact) mass is 163 g/mol. The third kappa shape index (κ3) is 1.67. The lowest BCUT2D eigenvalue weighted by Gasteiger charge is -2.29. The van der Waals surface area contributed by atoms with E-state index in [1.165, 1.54) is 5.56 Å². The summed E-state index contributed by atoms with van der Waals surface area (Å²) in [5.41, 5.74) is 7.28. The first-order valence-corrected chi connectivity index (χ1v) is 4.36. The Labute approximate surface area is 74.6 Å². The van der Waals surface area contributed by atoms with Gasteiger partial charge in [0.05, 0.1) is 0 Å². The molecule has 12 heavy (non-hydrogen) atoms. The average molecular weight is 163 g/mol. The summed E-state index contributed by atoms with van der Waals surface area (Å²) in [4.78, 5) is 0. The second-order valence-corrected chi connectivity index (χ2v) is 3.88. The normalized spacial score (nSPS) is 14.3. The van der Waals surface area contributed by atoms with Gasteiger partial charge in [-0.1, -0.05) is 44.2 Å². The van der Waals surface area contributed by atoms with E-state index in [1.807, 2.05) is 13.0 Å². The molecule has 0 radical (unpaired) electrons. The van der Waals surface area contributed by atoms with Gasteiger partial charge in [-0.2, -0.15) is 0 Å². The van der Waals surface area contributed by atoms with Gasteiger partial charge in [0.15, 0.2) is 0 Å². The third-order valence-electron chi connectivity index (χ3n) is 2.66. The molecule has 1 aromatic carbocycles. The van der Waals surface area contributed by atoms with Crippen LogP contribution in [0.5, 0.6) is 0 Å². The molecule has 0 saturated heterocycles. The van der Waals surface area contributed by atoms with Gasteiger partial charge in [-0.25, -0.2) is 0 Å². The molecule has 0 aliphatic rings. The first-order chi connectivity index (χ1) is 5.55. The minimum absolute atomic E-state index is 0.0707. The van der Waals surface area contributed by atoms with Gasteiger partial charge in [0.25, 0.3) is 0 Å². The lowest BCUT2D eigenvalue weighted by Crippen LogP contribution is -2.38. The lowest BCUT2D eigenvalue weighted by molar-refractivity contribution is 0.434. The van der Waals surface area contributed by atoms with Crippen molar-refractivity contribution in [1.82, 2.24) is 0 Å². The Hall–Kier alpha value is -0.820. The summed E-state index contributed by atoms with van der Waals surface area (Å²) in [6, 6.07) is 10.6. The first kappa shape index (κ1) is 9.27. The van der Waals surface area contributed by atoms with Crippen LogP contribution in [0.25, 0.3) is 0 Å². The predicted octanol–water partition coefficient (Wildman–Crippen LogP) is 2.31. The molecule has 0 heterocycles. The van der Waals surface area contributed by atoms with Crippen LogP contribution in [-0.2, 0) is 5.41 Å². The van der Waals surface area contributed by atoms with E-state index < -0.39 is 0 Å². The molecule has 0 amide bonds. The highest BCUT2D eigenvalue weighted by molar-refractivity contribution is 5.25. The second-order valence-electron chi connectivity index (χ2n) is 3.88. The Morgan fingerprint density at radius 1 is 1.17 bits per heavy atom.